The summed E-state index contributed by atoms with van der Waals surface area (Å²) in [4.78, 5) is 10.4. The van der Waals surface area contributed by atoms with Crippen molar-refractivity contribution in [2.45, 2.75) is 6.42 Å². The molecule has 168 valence electrons. The van der Waals surface area contributed by atoms with Gasteiger partial charge < -0.3 is 14.5 Å². The smallest absolute Gasteiger partial charge is 0.119 e. The highest BCUT2D eigenvalue weighted by atomic mass is 16.5. The van der Waals surface area contributed by atoms with E-state index in [1.165, 1.54) is 16.7 Å². The van der Waals surface area contributed by atoms with E-state index < -0.39 is 0 Å². The van der Waals surface area contributed by atoms with Gasteiger partial charge in [-0.25, -0.2) is 4.98 Å². The number of H-pyrrole nitrogens is 1. The highest BCUT2D eigenvalue weighted by molar-refractivity contribution is 5.64. The van der Waals surface area contributed by atoms with E-state index in [2.05, 4.69) is 75.5 Å². The van der Waals surface area contributed by atoms with Crippen molar-refractivity contribution in [2.75, 3.05) is 39.5 Å². The number of ether oxygens (including phenoxy) is 2. The maximum Gasteiger partial charge on any atom is 0.119 e. The Bertz CT molecular complexity index is 1130. The fourth-order valence-corrected chi connectivity index (χ4v) is 4.09. The molecule has 0 amide bonds. The van der Waals surface area contributed by atoms with E-state index in [1.807, 2.05) is 24.4 Å². The summed E-state index contributed by atoms with van der Waals surface area (Å²) in [5.41, 5.74) is 5.82. The van der Waals surface area contributed by atoms with E-state index in [0.29, 0.717) is 6.61 Å². The second-order valence-corrected chi connectivity index (χ2v) is 8.31. The molecule has 5 nitrogen and oxygen atoms in total. The van der Waals surface area contributed by atoms with Gasteiger partial charge in [-0.3, -0.25) is 4.90 Å². The number of aromatic nitrogens is 2. The maximum absolute atomic E-state index is 5.93. The van der Waals surface area contributed by atoms with Crippen LogP contribution < -0.4 is 4.74 Å². The number of rotatable bonds is 8. The molecule has 0 saturated carbocycles. The van der Waals surface area contributed by atoms with Gasteiger partial charge in [0.25, 0.3) is 0 Å². The Hall–Kier alpha value is -3.41. The zero-order valence-corrected chi connectivity index (χ0v) is 18.7. The van der Waals surface area contributed by atoms with Gasteiger partial charge in [-0.15, -0.1) is 0 Å². The van der Waals surface area contributed by atoms with Crippen LogP contribution in [-0.2, 0) is 11.2 Å². The summed E-state index contributed by atoms with van der Waals surface area (Å²) >= 11 is 0. The van der Waals surface area contributed by atoms with Gasteiger partial charge in [0.15, 0.2) is 0 Å². The second-order valence-electron chi connectivity index (χ2n) is 8.31. The molecule has 3 aromatic carbocycles. The summed E-state index contributed by atoms with van der Waals surface area (Å²) in [5.74, 6) is 1.89. The molecule has 1 aliphatic heterocycles. The molecule has 1 aliphatic rings. The standard InChI is InChI=1S/C28H29N3O2/c1-2-4-25(5-3-1)27-21-29-28(30-27)20-22-6-8-23(9-7-22)24-10-12-26(13-11-24)33-19-16-31-14-17-32-18-15-31/h1-13,21H,14-20H2,(H,29,30). The average Bonchev–Trinajstić information content (AvgIpc) is 3.35. The molecule has 1 fully saturated rings. The van der Waals surface area contributed by atoms with Crippen LogP contribution in [0.5, 0.6) is 5.75 Å². The molecule has 0 atom stereocenters. The number of hydrogen-bond acceptors (Lipinski definition) is 4. The van der Waals surface area contributed by atoms with Gasteiger partial charge in [0.2, 0.25) is 0 Å². The molecule has 1 saturated heterocycles. The first-order valence-electron chi connectivity index (χ1n) is 11.5. The van der Waals surface area contributed by atoms with Crippen molar-refractivity contribution in [2.24, 2.45) is 0 Å². The minimum absolute atomic E-state index is 0.701. The summed E-state index contributed by atoms with van der Waals surface area (Å²) in [7, 11) is 0. The van der Waals surface area contributed by atoms with Crippen molar-refractivity contribution in [1.29, 1.82) is 0 Å². The Balaban J connectivity index is 1.15. The first-order valence-corrected chi connectivity index (χ1v) is 11.5. The molecule has 1 aromatic heterocycles. The van der Waals surface area contributed by atoms with Crippen LogP contribution in [0.4, 0.5) is 0 Å². The van der Waals surface area contributed by atoms with Gasteiger partial charge >= 0.3 is 0 Å². The van der Waals surface area contributed by atoms with Crippen LogP contribution in [0.25, 0.3) is 22.4 Å². The molecule has 33 heavy (non-hydrogen) atoms. The lowest BCUT2D eigenvalue weighted by Gasteiger charge is -2.26. The van der Waals surface area contributed by atoms with Crippen LogP contribution in [0.1, 0.15) is 11.4 Å². The van der Waals surface area contributed by atoms with Crippen molar-refractivity contribution in [3.8, 4) is 28.1 Å². The van der Waals surface area contributed by atoms with Crippen molar-refractivity contribution in [3.05, 3.63) is 96.4 Å². The maximum atomic E-state index is 5.93. The molecular formula is C28H29N3O2. The van der Waals surface area contributed by atoms with Gasteiger partial charge in [0.05, 0.1) is 25.1 Å². The zero-order valence-electron chi connectivity index (χ0n) is 18.7. The molecule has 0 spiro atoms. The molecule has 5 heteroatoms. The first-order chi connectivity index (χ1) is 16.3. The van der Waals surface area contributed by atoms with Crippen LogP contribution in [0.2, 0.25) is 0 Å². The number of benzene rings is 3. The Labute approximate surface area is 195 Å². The molecule has 0 radical (unpaired) electrons. The molecule has 5 rings (SSSR count). The average molecular weight is 440 g/mol. The molecule has 2 heterocycles. The third-order valence-electron chi connectivity index (χ3n) is 6.01. The monoisotopic (exact) mass is 439 g/mol. The summed E-state index contributed by atoms with van der Waals surface area (Å²) in [6, 6.07) is 27.3. The summed E-state index contributed by atoms with van der Waals surface area (Å²) < 4.78 is 11.3. The van der Waals surface area contributed by atoms with Crippen LogP contribution in [0, 0.1) is 0 Å². The van der Waals surface area contributed by atoms with Crippen molar-refractivity contribution < 1.29 is 9.47 Å². The molecule has 0 aliphatic carbocycles. The molecule has 4 aromatic rings. The Morgan fingerprint density at radius 3 is 2.24 bits per heavy atom. The molecular weight excluding hydrogens is 410 g/mol. The predicted octanol–water partition coefficient (Wildman–Crippen LogP) is 5.05. The number of nitrogens with one attached hydrogen (secondary N) is 1. The lowest BCUT2D eigenvalue weighted by molar-refractivity contribution is 0.0322. The van der Waals surface area contributed by atoms with Crippen molar-refractivity contribution in [1.82, 2.24) is 14.9 Å². The second kappa shape index (κ2) is 10.5. The minimum Gasteiger partial charge on any atom is -0.492 e. The SMILES string of the molecule is c1ccc(-c2cnc(Cc3ccc(-c4ccc(OCCN5CCOCC5)cc4)cc3)[nH]2)cc1. The highest BCUT2D eigenvalue weighted by Gasteiger charge is 2.10. The Morgan fingerprint density at radius 1 is 0.818 bits per heavy atom. The minimum atomic E-state index is 0.701. The van der Waals surface area contributed by atoms with Crippen molar-refractivity contribution >= 4 is 0 Å². The highest BCUT2D eigenvalue weighted by Crippen LogP contribution is 2.24. The number of morpholine rings is 1. The third kappa shape index (κ3) is 5.69. The van der Waals surface area contributed by atoms with Crippen LogP contribution in [-0.4, -0.2) is 54.3 Å². The van der Waals surface area contributed by atoms with E-state index >= 15 is 0 Å². The van der Waals surface area contributed by atoms with E-state index in [4.69, 9.17) is 9.47 Å². The van der Waals surface area contributed by atoms with Crippen LogP contribution >= 0.6 is 0 Å². The van der Waals surface area contributed by atoms with Crippen LogP contribution in [0.3, 0.4) is 0 Å². The number of hydrogen-bond donors (Lipinski definition) is 1. The number of imidazole rings is 1. The number of nitrogens with zero attached hydrogens (tertiary/aromatic N) is 2. The summed E-state index contributed by atoms with van der Waals surface area (Å²) in [5, 5.41) is 0. The van der Waals surface area contributed by atoms with Gasteiger partial charge in [0.1, 0.15) is 18.2 Å². The predicted molar refractivity (Wildman–Crippen MR) is 131 cm³/mol. The van der Waals surface area contributed by atoms with Crippen LogP contribution in [0.15, 0.2) is 85.1 Å². The quantitative estimate of drug-likeness (QED) is 0.418. The van der Waals surface area contributed by atoms with Crippen molar-refractivity contribution in [3.63, 3.8) is 0 Å². The van der Waals surface area contributed by atoms with Gasteiger partial charge in [-0.2, -0.15) is 0 Å². The van der Waals surface area contributed by atoms with Gasteiger partial charge in [-0.1, -0.05) is 66.7 Å². The van der Waals surface area contributed by atoms with E-state index in [1.54, 1.807) is 0 Å². The lowest BCUT2D eigenvalue weighted by Crippen LogP contribution is -2.38. The fourth-order valence-electron chi connectivity index (χ4n) is 4.09. The Kier molecular flexibility index (Phi) is 6.80. The van der Waals surface area contributed by atoms with E-state index in [0.717, 1.165) is 62.1 Å². The lowest BCUT2D eigenvalue weighted by atomic mass is 10.0. The summed E-state index contributed by atoms with van der Waals surface area (Å²) in [6.07, 6.45) is 2.69. The molecule has 0 bridgehead atoms. The van der Waals surface area contributed by atoms with Gasteiger partial charge in [0, 0.05) is 26.1 Å². The topological polar surface area (TPSA) is 50.4 Å². The van der Waals surface area contributed by atoms with E-state index in [9.17, 15) is 0 Å². The van der Waals surface area contributed by atoms with Gasteiger partial charge in [-0.05, 0) is 34.4 Å². The summed E-state index contributed by atoms with van der Waals surface area (Å²) in [6.45, 7) is 5.27. The first kappa shape index (κ1) is 21.4. The largest absolute Gasteiger partial charge is 0.492 e. The Morgan fingerprint density at radius 2 is 1.52 bits per heavy atom. The molecule has 0 unspecified atom stereocenters. The fraction of sp³-hybridized carbons (Fsp3) is 0.250. The normalized spacial score (nSPS) is 14.3. The molecule has 1 N–H and O–H groups in total. The zero-order chi connectivity index (χ0) is 22.3. The third-order valence-corrected chi connectivity index (χ3v) is 6.01. The number of aromatic amines is 1. The van der Waals surface area contributed by atoms with E-state index in [-0.39, 0.29) is 0 Å².